The molecular weight excluding hydrogens is 340 g/mol. The molecule has 0 saturated carbocycles. The number of nitrogens with one attached hydrogen (secondary N) is 2. The Morgan fingerprint density at radius 3 is 2.32 bits per heavy atom. The molecular formula is C18H20N2O4S. The maximum atomic E-state index is 12.1. The van der Waals surface area contributed by atoms with Crippen LogP contribution in [-0.4, -0.2) is 31.8 Å². The number of carbonyl (C=O) groups excluding carboxylic acids is 2. The first kappa shape index (κ1) is 18.7. The molecule has 2 aromatic rings. The summed E-state index contributed by atoms with van der Waals surface area (Å²) >= 11 is 1.41. The second kappa shape index (κ2) is 8.98. The molecule has 7 heteroatoms. The van der Waals surface area contributed by atoms with E-state index in [9.17, 15) is 9.59 Å². The summed E-state index contributed by atoms with van der Waals surface area (Å²) in [4.78, 5) is 24.1. The van der Waals surface area contributed by atoms with Crippen LogP contribution >= 0.6 is 11.8 Å². The van der Waals surface area contributed by atoms with Gasteiger partial charge in [0.15, 0.2) is 0 Å². The number of methoxy groups -OCH3 is 2. The molecule has 0 aliphatic heterocycles. The summed E-state index contributed by atoms with van der Waals surface area (Å²) in [5.74, 6) is 1.20. The van der Waals surface area contributed by atoms with Crippen molar-refractivity contribution in [1.29, 1.82) is 0 Å². The zero-order valence-electron chi connectivity index (χ0n) is 14.3. The average Bonchev–Trinajstić information content (AvgIpc) is 2.61. The van der Waals surface area contributed by atoms with E-state index in [1.54, 1.807) is 37.4 Å². The van der Waals surface area contributed by atoms with E-state index in [0.717, 1.165) is 10.6 Å². The highest BCUT2D eigenvalue weighted by atomic mass is 32.2. The molecule has 0 atom stereocenters. The topological polar surface area (TPSA) is 76.7 Å². The van der Waals surface area contributed by atoms with E-state index in [1.807, 2.05) is 12.1 Å². The lowest BCUT2D eigenvalue weighted by Gasteiger charge is -2.11. The van der Waals surface area contributed by atoms with E-state index in [4.69, 9.17) is 9.47 Å². The van der Waals surface area contributed by atoms with Gasteiger partial charge in [-0.25, -0.2) is 0 Å². The van der Waals surface area contributed by atoms with Crippen LogP contribution in [0.25, 0.3) is 0 Å². The molecule has 132 valence electrons. The zero-order valence-corrected chi connectivity index (χ0v) is 15.1. The molecule has 0 aliphatic carbocycles. The Morgan fingerprint density at radius 2 is 1.72 bits per heavy atom. The minimum absolute atomic E-state index is 0.117. The summed E-state index contributed by atoms with van der Waals surface area (Å²) in [5, 5.41) is 5.52. The van der Waals surface area contributed by atoms with Crippen LogP contribution < -0.4 is 20.1 Å². The predicted molar refractivity (Wildman–Crippen MR) is 99.6 cm³/mol. The number of hydrogen-bond acceptors (Lipinski definition) is 5. The third-order valence-electron chi connectivity index (χ3n) is 3.23. The molecule has 0 aromatic heterocycles. The van der Waals surface area contributed by atoms with Crippen LogP contribution in [0.3, 0.4) is 0 Å². The maximum Gasteiger partial charge on any atom is 0.234 e. The maximum absolute atomic E-state index is 12.1. The number of amides is 2. The minimum atomic E-state index is -0.139. The number of carbonyl (C=O) groups is 2. The highest BCUT2D eigenvalue weighted by Crippen LogP contribution is 2.29. The van der Waals surface area contributed by atoms with Crippen LogP contribution in [0, 0.1) is 0 Å². The molecule has 2 N–H and O–H groups in total. The van der Waals surface area contributed by atoms with Crippen molar-refractivity contribution in [2.24, 2.45) is 0 Å². The Labute approximate surface area is 150 Å². The van der Waals surface area contributed by atoms with Gasteiger partial charge < -0.3 is 20.1 Å². The second-order valence-corrected chi connectivity index (χ2v) is 6.16. The predicted octanol–water partition coefficient (Wildman–Crippen LogP) is 3.39. The van der Waals surface area contributed by atoms with Crippen LogP contribution in [0.15, 0.2) is 47.4 Å². The molecule has 0 bridgehead atoms. The SMILES string of the molecule is COc1ccc(NC(=O)CSc2ccc(NC(C)=O)cc2)c(OC)c1. The summed E-state index contributed by atoms with van der Waals surface area (Å²) in [6.45, 7) is 1.46. The smallest absolute Gasteiger partial charge is 0.234 e. The second-order valence-electron chi connectivity index (χ2n) is 5.11. The Bertz CT molecular complexity index is 747. The van der Waals surface area contributed by atoms with E-state index in [1.165, 1.54) is 25.8 Å². The first-order chi connectivity index (χ1) is 12.0. The molecule has 0 heterocycles. The van der Waals surface area contributed by atoms with Crippen LogP contribution in [0.2, 0.25) is 0 Å². The summed E-state index contributed by atoms with van der Waals surface area (Å²) in [5.41, 5.74) is 1.32. The molecule has 2 amide bonds. The molecule has 0 aliphatic rings. The third kappa shape index (κ3) is 5.72. The minimum Gasteiger partial charge on any atom is -0.497 e. The average molecular weight is 360 g/mol. The van der Waals surface area contributed by atoms with Gasteiger partial charge in [-0.3, -0.25) is 9.59 Å². The van der Waals surface area contributed by atoms with Crippen LogP contribution in [0.1, 0.15) is 6.92 Å². The Kier molecular flexibility index (Phi) is 6.71. The number of benzene rings is 2. The summed E-state index contributed by atoms with van der Waals surface area (Å²) < 4.78 is 10.4. The van der Waals surface area contributed by atoms with Gasteiger partial charge in [-0.05, 0) is 36.4 Å². The molecule has 0 unspecified atom stereocenters. The molecule has 0 spiro atoms. The van der Waals surface area contributed by atoms with Crippen molar-refractivity contribution in [3.63, 3.8) is 0 Å². The van der Waals surface area contributed by atoms with E-state index >= 15 is 0 Å². The van der Waals surface area contributed by atoms with Crippen LogP contribution in [0.5, 0.6) is 11.5 Å². The first-order valence-corrected chi connectivity index (χ1v) is 8.52. The Hall–Kier alpha value is -2.67. The Balaban J connectivity index is 1.91. The summed E-state index contributed by atoms with van der Waals surface area (Å²) in [7, 11) is 3.11. The van der Waals surface area contributed by atoms with Gasteiger partial charge in [-0.2, -0.15) is 0 Å². The van der Waals surface area contributed by atoms with Gasteiger partial charge in [0.05, 0.1) is 25.7 Å². The van der Waals surface area contributed by atoms with Crippen molar-refractivity contribution in [1.82, 2.24) is 0 Å². The highest BCUT2D eigenvalue weighted by Gasteiger charge is 2.09. The lowest BCUT2D eigenvalue weighted by Crippen LogP contribution is -2.14. The molecule has 2 aromatic carbocycles. The van der Waals surface area contributed by atoms with Gasteiger partial charge in [0, 0.05) is 23.6 Å². The Morgan fingerprint density at radius 1 is 1.00 bits per heavy atom. The molecule has 2 rings (SSSR count). The third-order valence-corrected chi connectivity index (χ3v) is 4.24. The number of rotatable bonds is 7. The number of hydrogen-bond donors (Lipinski definition) is 2. The highest BCUT2D eigenvalue weighted by molar-refractivity contribution is 8.00. The zero-order chi connectivity index (χ0) is 18.2. The van der Waals surface area contributed by atoms with Gasteiger partial charge in [0.1, 0.15) is 11.5 Å². The molecule has 0 saturated heterocycles. The molecule has 25 heavy (non-hydrogen) atoms. The van der Waals surface area contributed by atoms with Crippen molar-refractivity contribution in [2.45, 2.75) is 11.8 Å². The van der Waals surface area contributed by atoms with Gasteiger partial charge in [0.2, 0.25) is 11.8 Å². The normalized spacial score (nSPS) is 10.0. The van der Waals surface area contributed by atoms with Crippen LogP contribution in [-0.2, 0) is 9.59 Å². The number of thioether (sulfide) groups is 1. The van der Waals surface area contributed by atoms with Crippen molar-refractivity contribution >= 4 is 35.0 Å². The van der Waals surface area contributed by atoms with Crippen molar-refractivity contribution in [3.8, 4) is 11.5 Å². The first-order valence-electron chi connectivity index (χ1n) is 7.54. The quantitative estimate of drug-likeness (QED) is 0.740. The number of ether oxygens (including phenoxy) is 2. The van der Waals surface area contributed by atoms with E-state index < -0.39 is 0 Å². The van der Waals surface area contributed by atoms with Gasteiger partial charge in [0.25, 0.3) is 0 Å². The van der Waals surface area contributed by atoms with Gasteiger partial charge in [-0.15, -0.1) is 11.8 Å². The fraction of sp³-hybridized carbons (Fsp3) is 0.222. The van der Waals surface area contributed by atoms with E-state index in [-0.39, 0.29) is 17.6 Å². The van der Waals surface area contributed by atoms with Crippen LogP contribution in [0.4, 0.5) is 11.4 Å². The molecule has 6 nitrogen and oxygen atoms in total. The summed E-state index contributed by atoms with van der Waals surface area (Å²) in [6, 6.07) is 12.5. The fourth-order valence-electron chi connectivity index (χ4n) is 2.07. The lowest BCUT2D eigenvalue weighted by atomic mass is 10.2. The lowest BCUT2D eigenvalue weighted by molar-refractivity contribution is -0.114. The standard InChI is InChI=1S/C18H20N2O4S/c1-12(21)19-13-4-7-15(8-5-13)25-11-18(22)20-16-9-6-14(23-2)10-17(16)24-3/h4-10H,11H2,1-3H3,(H,19,21)(H,20,22). The molecule has 0 fully saturated rings. The monoisotopic (exact) mass is 360 g/mol. The molecule has 0 radical (unpaired) electrons. The van der Waals surface area contributed by atoms with Gasteiger partial charge in [-0.1, -0.05) is 0 Å². The fourth-order valence-corrected chi connectivity index (χ4v) is 2.77. The largest absolute Gasteiger partial charge is 0.497 e. The van der Waals surface area contributed by atoms with Crippen molar-refractivity contribution < 1.29 is 19.1 Å². The van der Waals surface area contributed by atoms with Crippen molar-refractivity contribution in [2.75, 3.05) is 30.6 Å². The van der Waals surface area contributed by atoms with E-state index in [0.29, 0.717) is 17.2 Å². The number of anilines is 2. The van der Waals surface area contributed by atoms with E-state index in [2.05, 4.69) is 10.6 Å². The summed E-state index contributed by atoms with van der Waals surface area (Å²) in [6.07, 6.45) is 0. The van der Waals surface area contributed by atoms with Crippen molar-refractivity contribution in [3.05, 3.63) is 42.5 Å². The van der Waals surface area contributed by atoms with Gasteiger partial charge >= 0.3 is 0 Å².